The Hall–Kier alpha value is -2.04. The van der Waals surface area contributed by atoms with Gasteiger partial charge in [0.05, 0.1) is 17.2 Å². The molecule has 26 heavy (non-hydrogen) atoms. The fourth-order valence-electron chi connectivity index (χ4n) is 2.61. The molecule has 0 aliphatic heterocycles. The summed E-state index contributed by atoms with van der Waals surface area (Å²) in [7, 11) is 0. The fraction of sp³-hybridized carbons (Fsp3) is 0.312. The standard InChI is InChI=1S/C16H16N6OS3/c1-8-9(2)25-15-12(8)14(23)17-13(18-15)10(3)26-16-19-20-21-22(16)7-11-5-4-6-24-11/h4-6,10H,7H2,1-3H3,(H,17,18,23)/t10-/m0/s1. The quantitative estimate of drug-likeness (QED) is 0.512. The van der Waals surface area contributed by atoms with Gasteiger partial charge in [-0.1, -0.05) is 17.8 Å². The van der Waals surface area contributed by atoms with Gasteiger partial charge in [-0.05, 0) is 48.2 Å². The van der Waals surface area contributed by atoms with Crippen molar-refractivity contribution in [3.05, 3.63) is 49.0 Å². The van der Waals surface area contributed by atoms with Gasteiger partial charge in [0, 0.05) is 9.75 Å². The van der Waals surface area contributed by atoms with Crippen molar-refractivity contribution in [2.24, 2.45) is 0 Å². The van der Waals surface area contributed by atoms with E-state index in [0.717, 1.165) is 15.3 Å². The molecule has 0 aromatic carbocycles. The van der Waals surface area contributed by atoms with Crippen molar-refractivity contribution in [1.29, 1.82) is 0 Å². The molecule has 1 atom stereocenters. The lowest BCUT2D eigenvalue weighted by molar-refractivity contribution is 0.607. The minimum atomic E-state index is -0.0857. The molecule has 0 saturated carbocycles. The van der Waals surface area contributed by atoms with E-state index in [4.69, 9.17) is 0 Å². The Bertz CT molecular complexity index is 1110. The molecule has 4 rings (SSSR count). The highest BCUT2D eigenvalue weighted by Crippen LogP contribution is 2.33. The molecule has 0 fully saturated rings. The predicted molar refractivity (Wildman–Crippen MR) is 105 cm³/mol. The summed E-state index contributed by atoms with van der Waals surface area (Å²) in [6, 6.07) is 4.06. The topological polar surface area (TPSA) is 89.3 Å². The number of fused-ring (bicyclic) bond motifs is 1. The smallest absolute Gasteiger partial charge is 0.259 e. The van der Waals surface area contributed by atoms with Gasteiger partial charge in [0.2, 0.25) is 5.16 Å². The summed E-state index contributed by atoms with van der Waals surface area (Å²) < 4.78 is 1.77. The number of thioether (sulfide) groups is 1. The van der Waals surface area contributed by atoms with E-state index in [0.29, 0.717) is 22.9 Å². The van der Waals surface area contributed by atoms with E-state index < -0.39 is 0 Å². The molecule has 0 aliphatic rings. The summed E-state index contributed by atoms with van der Waals surface area (Å²) >= 11 is 4.71. The van der Waals surface area contributed by atoms with Crippen LogP contribution in [0.4, 0.5) is 0 Å². The van der Waals surface area contributed by atoms with Crippen LogP contribution in [0.5, 0.6) is 0 Å². The molecule has 0 aliphatic carbocycles. The zero-order chi connectivity index (χ0) is 18.3. The zero-order valence-electron chi connectivity index (χ0n) is 14.4. The van der Waals surface area contributed by atoms with Crippen molar-refractivity contribution in [1.82, 2.24) is 30.2 Å². The van der Waals surface area contributed by atoms with Gasteiger partial charge >= 0.3 is 0 Å². The molecule has 4 heterocycles. The molecule has 4 aromatic rings. The van der Waals surface area contributed by atoms with Crippen molar-refractivity contribution in [2.45, 2.75) is 37.7 Å². The summed E-state index contributed by atoms with van der Waals surface area (Å²) in [6.45, 7) is 6.59. The number of tetrazole rings is 1. The minimum Gasteiger partial charge on any atom is -0.309 e. The maximum atomic E-state index is 12.5. The van der Waals surface area contributed by atoms with E-state index in [1.807, 2.05) is 32.2 Å². The highest BCUT2D eigenvalue weighted by Gasteiger charge is 2.19. The summed E-state index contributed by atoms with van der Waals surface area (Å²) in [6.07, 6.45) is 0. The number of hydrogen-bond acceptors (Lipinski definition) is 8. The van der Waals surface area contributed by atoms with Crippen LogP contribution in [-0.2, 0) is 6.54 Å². The Morgan fingerprint density at radius 1 is 1.38 bits per heavy atom. The monoisotopic (exact) mass is 404 g/mol. The third kappa shape index (κ3) is 3.19. The number of aryl methyl sites for hydroxylation is 2. The number of nitrogens with zero attached hydrogens (tertiary/aromatic N) is 5. The molecule has 1 N–H and O–H groups in total. The van der Waals surface area contributed by atoms with Gasteiger partial charge in [-0.15, -0.1) is 27.8 Å². The molecule has 4 aromatic heterocycles. The largest absolute Gasteiger partial charge is 0.309 e. The molecule has 134 valence electrons. The van der Waals surface area contributed by atoms with Crippen LogP contribution < -0.4 is 5.56 Å². The van der Waals surface area contributed by atoms with Crippen molar-refractivity contribution >= 4 is 44.7 Å². The van der Waals surface area contributed by atoms with Crippen LogP contribution in [0.15, 0.2) is 27.5 Å². The number of nitrogens with one attached hydrogen (secondary N) is 1. The van der Waals surface area contributed by atoms with E-state index >= 15 is 0 Å². The van der Waals surface area contributed by atoms with E-state index in [9.17, 15) is 4.79 Å². The predicted octanol–water partition coefficient (Wildman–Crippen LogP) is 3.55. The van der Waals surface area contributed by atoms with Crippen molar-refractivity contribution in [3.63, 3.8) is 0 Å². The third-order valence-corrected chi connectivity index (χ3v) is 7.15. The summed E-state index contributed by atoms with van der Waals surface area (Å²) in [5.41, 5.74) is 0.919. The number of rotatable bonds is 5. The molecule has 0 saturated heterocycles. The Morgan fingerprint density at radius 2 is 2.23 bits per heavy atom. The van der Waals surface area contributed by atoms with Gasteiger partial charge in [-0.2, -0.15) is 0 Å². The van der Waals surface area contributed by atoms with Crippen molar-refractivity contribution in [3.8, 4) is 0 Å². The number of thiophene rings is 2. The molecule has 0 unspecified atom stereocenters. The summed E-state index contributed by atoms with van der Waals surface area (Å²) in [4.78, 5) is 23.2. The first kappa shape index (κ1) is 17.4. The first-order valence-electron chi connectivity index (χ1n) is 7.98. The first-order chi connectivity index (χ1) is 12.5. The Morgan fingerprint density at radius 3 is 3.00 bits per heavy atom. The molecule has 0 amide bonds. The van der Waals surface area contributed by atoms with Crippen molar-refractivity contribution < 1.29 is 0 Å². The SMILES string of the molecule is Cc1sc2nc([C@H](C)Sc3nnnn3Cc3cccs3)[nH]c(=O)c2c1C. The van der Waals surface area contributed by atoms with Crippen LogP contribution in [0.1, 0.15) is 33.3 Å². The van der Waals surface area contributed by atoms with E-state index in [-0.39, 0.29) is 10.8 Å². The third-order valence-electron chi connectivity index (χ3n) is 4.11. The lowest BCUT2D eigenvalue weighted by Crippen LogP contribution is -2.13. The van der Waals surface area contributed by atoms with Crippen LogP contribution in [0, 0.1) is 13.8 Å². The maximum absolute atomic E-state index is 12.5. The lowest BCUT2D eigenvalue weighted by atomic mass is 10.2. The number of hydrogen-bond donors (Lipinski definition) is 1. The average Bonchev–Trinajstić information content (AvgIpc) is 3.32. The Labute approximate surface area is 161 Å². The van der Waals surface area contributed by atoms with Gasteiger partial charge < -0.3 is 4.98 Å². The molecule has 7 nitrogen and oxygen atoms in total. The van der Waals surface area contributed by atoms with Gasteiger partial charge in [0.15, 0.2) is 0 Å². The number of H-pyrrole nitrogens is 1. The fourth-order valence-corrected chi connectivity index (χ4v) is 5.18. The van der Waals surface area contributed by atoms with E-state index in [2.05, 4.69) is 31.6 Å². The number of aromatic nitrogens is 6. The van der Waals surface area contributed by atoms with Crippen LogP contribution in [0.25, 0.3) is 10.2 Å². The molecular formula is C16H16N6OS3. The molecular weight excluding hydrogens is 388 g/mol. The Kier molecular flexibility index (Phi) is 4.63. The van der Waals surface area contributed by atoms with Crippen LogP contribution in [0.3, 0.4) is 0 Å². The molecule has 0 spiro atoms. The first-order valence-corrected chi connectivity index (χ1v) is 10.6. The average molecular weight is 405 g/mol. The highest BCUT2D eigenvalue weighted by atomic mass is 32.2. The second-order valence-electron chi connectivity index (χ2n) is 5.87. The van der Waals surface area contributed by atoms with Crippen LogP contribution in [-0.4, -0.2) is 30.2 Å². The van der Waals surface area contributed by atoms with Gasteiger partial charge in [0.25, 0.3) is 5.56 Å². The second kappa shape index (κ2) is 6.93. The van der Waals surface area contributed by atoms with Gasteiger partial charge in [0.1, 0.15) is 10.7 Å². The maximum Gasteiger partial charge on any atom is 0.259 e. The molecule has 10 heteroatoms. The van der Waals surface area contributed by atoms with E-state index in [1.54, 1.807) is 27.4 Å². The zero-order valence-corrected chi connectivity index (χ0v) is 16.8. The minimum absolute atomic E-state index is 0.0807. The normalized spacial score (nSPS) is 12.7. The Balaban J connectivity index is 1.61. The van der Waals surface area contributed by atoms with Crippen LogP contribution >= 0.6 is 34.4 Å². The molecule has 0 bridgehead atoms. The summed E-state index contributed by atoms with van der Waals surface area (Å²) in [5.74, 6) is 0.638. The lowest BCUT2D eigenvalue weighted by Gasteiger charge is -2.10. The highest BCUT2D eigenvalue weighted by molar-refractivity contribution is 7.99. The second-order valence-corrected chi connectivity index (χ2v) is 9.42. The number of aromatic amines is 1. The van der Waals surface area contributed by atoms with Crippen LogP contribution in [0.2, 0.25) is 0 Å². The summed E-state index contributed by atoms with van der Waals surface area (Å²) in [5, 5.41) is 15.3. The van der Waals surface area contributed by atoms with Gasteiger partial charge in [-0.25, -0.2) is 9.67 Å². The van der Waals surface area contributed by atoms with Gasteiger partial charge in [-0.3, -0.25) is 4.79 Å². The van der Waals surface area contributed by atoms with E-state index in [1.165, 1.54) is 16.6 Å². The van der Waals surface area contributed by atoms with Crippen molar-refractivity contribution in [2.75, 3.05) is 0 Å². The molecule has 0 radical (unpaired) electrons.